The second kappa shape index (κ2) is 8.15. The van der Waals surface area contributed by atoms with Gasteiger partial charge in [-0.25, -0.2) is 0 Å². The van der Waals surface area contributed by atoms with Gasteiger partial charge in [0.2, 0.25) is 5.91 Å². The molecule has 2 aromatic rings. The standard InChI is InChI=1S/C21H25N3O2/c1-23(2)15-9-3-4-14-20(25)24-18-12-7-5-10-16(18)21(26)22-17-11-6-8-13-19(17)24/h5-8,10-13H,3-4,9,14-15H2,1-2H3,(H,22,26). The first-order valence-electron chi connectivity index (χ1n) is 9.05. The fourth-order valence-corrected chi connectivity index (χ4v) is 3.22. The number of nitrogens with one attached hydrogen (secondary N) is 1. The van der Waals surface area contributed by atoms with Gasteiger partial charge in [0.25, 0.3) is 5.91 Å². The van der Waals surface area contributed by atoms with E-state index < -0.39 is 0 Å². The number of carbonyl (C=O) groups excluding carboxylic acids is 2. The third-order valence-corrected chi connectivity index (χ3v) is 4.53. The van der Waals surface area contributed by atoms with Crippen LogP contribution in [0.5, 0.6) is 0 Å². The monoisotopic (exact) mass is 351 g/mol. The fourth-order valence-electron chi connectivity index (χ4n) is 3.22. The van der Waals surface area contributed by atoms with Crippen molar-refractivity contribution < 1.29 is 9.59 Å². The van der Waals surface area contributed by atoms with E-state index in [1.165, 1.54) is 0 Å². The van der Waals surface area contributed by atoms with Crippen LogP contribution in [0.25, 0.3) is 0 Å². The van der Waals surface area contributed by atoms with E-state index >= 15 is 0 Å². The molecule has 0 saturated heterocycles. The van der Waals surface area contributed by atoms with Gasteiger partial charge in [0.05, 0.1) is 22.6 Å². The lowest BCUT2D eigenvalue weighted by atomic mass is 10.1. The number of nitrogens with zero attached hydrogens (tertiary/aromatic N) is 2. The zero-order valence-electron chi connectivity index (χ0n) is 15.4. The molecule has 0 fully saturated rings. The van der Waals surface area contributed by atoms with Crippen LogP contribution in [-0.4, -0.2) is 37.4 Å². The molecule has 2 aromatic carbocycles. The van der Waals surface area contributed by atoms with E-state index in [1.54, 1.807) is 11.0 Å². The Morgan fingerprint density at radius 2 is 1.65 bits per heavy atom. The van der Waals surface area contributed by atoms with E-state index in [9.17, 15) is 9.59 Å². The molecule has 136 valence electrons. The maximum atomic E-state index is 13.1. The number of amides is 2. The Hall–Kier alpha value is -2.66. The van der Waals surface area contributed by atoms with Gasteiger partial charge >= 0.3 is 0 Å². The molecule has 0 aliphatic carbocycles. The van der Waals surface area contributed by atoms with Crippen molar-refractivity contribution in [3.05, 3.63) is 54.1 Å². The molecule has 0 bridgehead atoms. The van der Waals surface area contributed by atoms with Crippen molar-refractivity contribution in [1.82, 2.24) is 4.90 Å². The fraction of sp³-hybridized carbons (Fsp3) is 0.333. The first-order chi connectivity index (χ1) is 12.6. The van der Waals surface area contributed by atoms with Crippen molar-refractivity contribution in [2.75, 3.05) is 30.9 Å². The molecular weight excluding hydrogens is 326 g/mol. The molecule has 0 atom stereocenters. The second-order valence-electron chi connectivity index (χ2n) is 6.83. The summed E-state index contributed by atoms with van der Waals surface area (Å²) >= 11 is 0. The smallest absolute Gasteiger partial charge is 0.257 e. The summed E-state index contributed by atoms with van der Waals surface area (Å²) in [7, 11) is 4.11. The molecule has 0 unspecified atom stereocenters. The van der Waals surface area contributed by atoms with E-state index in [0.717, 1.165) is 31.5 Å². The van der Waals surface area contributed by atoms with Crippen LogP contribution in [0.4, 0.5) is 17.1 Å². The maximum absolute atomic E-state index is 13.1. The summed E-state index contributed by atoms with van der Waals surface area (Å²) in [5.41, 5.74) is 2.55. The van der Waals surface area contributed by atoms with Gasteiger partial charge in [0, 0.05) is 6.42 Å². The Labute approximate surface area is 154 Å². The van der Waals surface area contributed by atoms with E-state index in [1.807, 2.05) is 42.5 Å². The molecule has 5 nitrogen and oxygen atoms in total. The minimum Gasteiger partial charge on any atom is -0.320 e. The highest BCUT2D eigenvalue weighted by Crippen LogP contribution is 2.38. The topological polar surface area (TPSA) is 52.7 Å². The number of para-hydroxylation sites is 3. The summed E-state index contributed by atoms with van der Waals surface area (Å²) in [6.45, 7) is 1.03. The van der Waals surface area contributed by atoms with Crippen molar-refractivity contribution in [3.8, 4) is 0 Å². The number of hydrogen-bond acceptors (Lipinski definition) is 3. The number of hydrogen-bond donors (Lipinski definition) is 1. The predicted molar refractivity (Wildman–Crippen MR) is 105 cm³/mol. The van der Waals surface area contributed by atoms with Gasteiger partial charge in [-0.3, -0.25) is 14.5 Å². The number of benzene rings is 2. The summed E-state index contributed by atoms with van der Waals surface area (Å²) in [6.07, 6.45) is 3.39. The normalized spacial score (nSPS) is 13.0. The zero-order chi connectivity index (χ0) is 18.5. The van der Waals surface area contributed by atoms with Crippen LogP contribution in [0.3, 0.4) is 0 Å². The summed E-state index contributed by atoms with van der Waals surface area (Å²) in [4.78, 5) is 29.4. The minimum atomic E-state index is -0.186. The van der Waals surface area contributed by atoms with E-state index in [2.05, 4.69) is 24.3 Å². The van der Waals surface area contributed by atoms with E-state index in [-0.39, 0.29) is 11.8 Å². The van der Waals surface area contributed by atoms with Crippen molar-refractivity contribution in [2.45, 2.75) is 25.7 Å². The van der Waals surface area contributed by atoms with Gasteiger partial charge in [-0.1, -0.05) is 30.7 Å². The number of unbranched alkanes of at least 4 members (excludes halogenated alkanes) is 2. The molecule has 1 aliphatic heterocycles. The van der Waals surface area contributed by atoms with Gasteiger partial charge in [-0.15, -0.1) is 0 Å². The molecule has 0 aromatic heterocycles. The molecule has 26 heavy (non-hydrogen) atoms. The Morgan fingerprint density at radius 1 is 0.962 bits per heavy atom. The van der Waals surface area contributed by atoms with Crippen LogP contribution < -0.4 is 10.2 Å². The zero-order valence-corrected chi connectivity index (χ0v) is 15.4. The lowest BCUT2D eigenvalue weighted by molar-refractivity contribution is -0.118. The highest BCUT2D eigenvalue weighted by molar-refractivity contribution is 6.17. The van der Waals surface area contributed by atoms with Crippen LogP contribution in [0.1, 0.15) is 36.0 Å². The summed E-state index contributed by atoms with van der Waals surface area (Å²) in [5.74, 6) is -0.166. The van der Waals surface area contributed by atoms with Crippen molar-refractivity contribution in [3.63, 3.8) is 0 Å². The highest BCUT2D eigenvalue weighted by atomic mass is 16.2. The third-order valence-electron chi connectivity index (χ3n) is 4.53. The Balaban J connectivity index is 1.84. The van der Waals surface area contributed by atoms with Crippen molar-refractivity contribution in [1.29, 1.82) is 0 Å². The van der Waals surface area contributed by atoms with Crippen LogP contribution in [0, 0.1) is 0 Å². The van der Waals surface area contributed by atoms with Gasteiger partial charge in [0.1, 0.15) is 0 Å². The van der Waals surface area contributed by atoms with Crippen LogP contribution in [-0.2, 0) is 4.79 Å². The Bertz CT molecular complexity index is 801. The maximum Gasteiger partial charge on any atom is 0.257 e. The summed E-state index contributed by atoms with van der Waals surface area (Å²) in [5, 5.41) is 2.91. The number of carbonyl (C=O) groups is 2. The molecule has 0 spiro atoms. The molecule has 1 N–H and O–H groups in total. The lowest BCUT2D eigenvalue weighted by Gasteiger charge is -2.24. The minimum absolute atomic E-state index is 0.0197. The molecule has 1 aliphatic rings. The predicted octanol–water partition coefficient (Wildman–Crippen LogP) is 4.04. The average molecular weight is 351 g/mol. The largest absolute Gasteiger partial charge is 0.320 e. The average Bonchev–Trinajstić information content (AvgIpc) is 2.75. The quantitative estimate of drug-likeness (QED) is 0.799. The number of rotatable bonds is 6. The second-order valence-corrected chi connectivity index (χ2v) is 6.83. The van der Waals surface area contributed by atoms with Crippen LogP contribution >= 0.6 is 0 Å². The molecule has 2 amide bonds. The van der Waals surface area contributed by atoms with Gasteiger partial charge in [0.15, 0.2) is 0 Å². The van der Waals surface area contributed by atoms with Gasteiger partial charge < -0.3 is 10.2 Å². The highest BCUT2D eigenvalue weighted by Gasteiger charge is 2.28. The molecular formula is C21H25N3O2. The summed E-state index contributed by atoms with van der Waals surface area (Å²) < 4.78 is 0. The van der Waals surface area contributed by atoms with Gasteiger partial charge in [-0.05, 0) is 57.7 Å². The lowest BCUT2D eigenvalue weighted by Crippen LogP contribution is -2.26. The van der Waals surface area contributed by atoms with Crippen molar-refractivity contribution >= 4 is 28.9 Å². The van der Waals surface area contributed by atoms with Crippen LogP contribution in [0.2, 0.25) is 0 Å². The molecule has 3 rings (SSSR count). The van der Waals surface area contributed by atoms with Gasteiger partial charge in [-0.2, -0.15) is 0 Å². The molecule has 0 saturated carbocycles. The number of anilines is 3. The molecule has 1 heterocycles. The first-order valence-corrected chi connectivity index (χ1v) is 9.05. The molecule has 5 heteroatoms. The SMILES string of the molecule is CN(C)CCCCCC(=O)N1c2ccccc2NC(=O)c2ccccc21. The van der Waals surface area contributed by atoms with Crippen molar-refractivity contribution in [2.24, 2.45) is 0 Å². The molecule has 0 radical (unpaired) electrons. The summed E-state index contributed by atoms with van der Waals surface area (Å²) in [6, 6.07) is 14.7. The third kappa shape index (κ3) is 3.94. The Kier molecular flexibility index (Phi) is 5.68. The first kappa shape index (κ1) is 18.1. The van der Waals surface area contributed by atoms with E-state index in [0.29, 0.717) is 23.4 Å². The van der Waals surface area contributed by atoms with Crippen LogP contribution in [0.15, 0.2) is 48.5 Å². The Morgan fingerprint density at radius 3 is 2.42 bits per heavy atom. The number of fused-ring (bicyclic) bond motifs is 2. The van der Waals surface area contributed by atoms with E-state index in [4.69, 9.17) is 0 Å².